The number of amides is 3. The van der Waals surface area contributed by atoms with Crippen molar-refractivity contribution in [1.29, 1.82) is 0 Å². The van der Waals surface area contributed by atoms with Crippen molar-refractivity contribution < 1.29 is 45.5 Å². The van der Waals surface area contributed by atoms with Crippen LogP contribution in [0.5, 0.6) is 0 Å². The largest absolute Gasteiger partial charge is 0.419 e. The maximum atomic E-state index is 15.2. The number of carbonyl (C=O) groups is 3. The molecule has 0 bridgehead atoms. The molecule has 4 rings (SSSR count). The van der Waals surface area contributed by atoms with Gasteiger partial charge in [-0.15, -0.1) is 23.2 Å². The van der Waals surface area contributed by atoms with Gasteiger partial charge in [0.2, 0.25) is 5.91 Å². The molecule has 1 aliphatic rings. The first-order valence-electron chi connectivity index (χ1n) is 13.5. The van der Waals surface area contributed by atoms with Gasteiger partial charge in [-0.2, -0.15) is 13.2 Å². The number of benzene rings is 3. The van der Waals surface area contributed by atoms with Crippen molar-refractivity contribution in [1.82, 2.24) is 0 Å². The summed E-state index contributed by atoms with van der Waals surface area (Å²) < 4.78 is 86.4. The van der Waals surface area contributed by atoms with Gasteiger partial charge in [-0.1, -0.05) is 24.6 Å². The fourth-order valence-corrected chi connectivity index (χ4v) is 5.60. The molecule has 16 heteroatoms. The molecule has 7 nitrogen and oxygen atoms in total. The van der Waals surface area contributed by atoms with Gasteiger partial charge in [0.15, 0.2) is 5.82 Å². The predicted molar refractivity (Wildman–Crippen MR) is 161 cm³/mol. The van der Waals surface area contributed by atoms with Crippen LogP contribution in [-0.4, -0.2) is 34.8 Å². The number of nitrogens with one attached hydrogen (secondary N) is 3. The van der Waals surface area contributed by atoms with Crippen LogP contribution in [0, 0.1) is 23.4 Å². The number of alkyl halides is 5. The molecular weight excluding hydrogens is 687 g/mol. The summed E-state index contributed by atoms with van der Waals surface area (Å²) >= 11 is 18.6. The van der Waals surface area contributed by atoms with Crippen LogP contribution in [0.4, 0.5) is 43.4 Å². The first-order valence-corrected chi connectivity index (χ1v) is 14.7. The molecule has 1 saturated carbocycles. The lowest BCUT2D eigenvalue weighted by Gasteiger charge is -2.16. The average molecular weight is 711 g/mol. The Bertz CT molecular complexity index is 1690. The smallest absolute Gasteiger partial charge is 0.369 e. The summed E-state index contributed by atoms with van der Waals surface area (Å²) in [5, 5.41) is 6.64. The van der Waals surface area contributed by atoms with Crippen LogP contribution in [0.1, 0.15) is 47.7 Å². The van der Waals surface area contributed by atoms with Crippen LogP contribution >= 0.6 is 34.8 Å². The number of hydrogen-bond acceptors (Lipinski definition) is 4. The van der Waals surface area contributed by atoms with Crippen LogP contribution < -0.4 is 16.0 Å². The molecule has 0 aromatic heterocycles. The molecule has 0 aliphatic heterocycles. The Morgan fingerprint density at radius 1 is 0.957 bits per heavy atom. The molecule has 3 N–H and O–H groups in total. The number of hydrogen-bond donors (Lipinski definition) is 3. The number of rotatable bonds is 10. The maximum Gasteiger partial charge on any atom is 0.419 e. The molecular formula is C30H24Cl3F6N3O4. The van der Waals surface area contributed by atoms with Gasteiger partial charge >= 0.3 is 6.18 Å². The average Bonchev–Trinajstić information content (AvgIpc) is 3.57. The van der Waals surface area contributed by atoms with Crippen LogP contribution in [0.15, 0.2) is 48.5 Å². The zero-order valence-electron chi connectivity index (χ0n) is 23.8. The highest BCUT2D eigenvalue weighted by molar-refractivity contribution is 6.53. The van der Waals surface area contributed by atoms with E-state index >= 15 is 4.39 Å². The topological polar surface area (TPSA) is 96.5 Å². The van der Waals surface area contributed by atoms with Crippen molar-refractivity contribution in [2.24, 2.45) is 5.92 Å². The number of carbonyl (C=O) groups excluding carboxylic acids is 3. The first-order chi connectivity index (χ1) is 21.5. The number of anilines is 3. The van der Waals surface area contributed by atoms with Gasteiger partial charge < -0.3 is 20.7 Å². The minimum absolute atomic E-state index is 0.0157. The van der Waals surface area contributed by atoms with E-state index in [-0.39, 0.29) is 28.4 Å². The molecule has 1 fully saturated rings. The van der Waals surface area contributed by atoms with Crippen molar-refractivity contribution in [2.75, 3.05) is 22.6 Å². The van der Waals surface area contributed by atoms with Crippen molar-refractivity contribution in [3.05, 3.63) is 87.7 Å². The van der Waals surface area contributed by atoms with Crippen LogP contribution in [0.25, 0.3) is 0 Å². The van der Waals surface area contributed by atoms with Gasteiger partial charge in [-0.05, 0) is 61.4 Å². The van der Waals surface area contributed by atoms with E-state index in [1.54, 1.807) is 0 Å². The first kappa shape index (κ1) is 35.3. The highest BCUT2D eigenvalue weighted by atomic mass is 35.5. The summed E-state index contributed by atoms with van der Waals surface area (Å²) in [4.78, 5) is 38.4. The van der Waals surface area contributed by atoms with Crippen LogP contribution in [-0.2, 0) is 20.5 Å². The second kappa shape index (κ2) is 13.7. The molecule has 3 aromatic carbocycles. The standard InChI is InChI=1S/C30H24Cl3F6N3O4/c1-3-10-46-13(2)26(43)42-25-20(35)8-9-21(24(25)36)41-27(44)16-12-15(5-6-18(16)31)40-28(45)23-22(29(23,32)33)14-4-7-19(34)17(11-14)30(37,38)39/h4-9,11-13,22-23H,3,10H2,1-2H3,(H,40,45)(H,41,44)(H,42,43)/t13?,22-,23+/m0/s1. The second-order valence-electron chi connectivity index (χ2n) is 10.3. The summed E-state index contributed by atoms with van der Waals surface area (Å²) in [5.41, 5.74) is -3.28. The van der Waals surface area contributed by atoms with Crippen molar-refractivity contribution in [2.45, 2.75) is 42.8 Å². The Hall–Kier alpha value is -3.52. The lowest BCUT2D eigenvalue weighted by molar-refractivity contribution is -0.140. The van der Waals surface area contributed by atoms with Crippen molar-refractivity contribution >= 4 is 69.6 Å². The summed E-state index contributed by atoms with van der Waals surface area (Å²) in [6.07, 6.45) is -5.41. The molecule has 1 aliphatic carbocycles. The van der Waals surface area contributed by atoms with Gasteiger partial charge in [0, 0.05) is 18.2 Å². The highest BCUT2D eigenvalue weighted by Gasteiger charge is 2.67. The predicted octanol–water partition coefficient (Wildman–Crippen LogP) is 8.31. The quantitative estimate of drug-likeness (QED) is 0.146. The summed E-state index contributed by atoms with van der Waals surface area (Å²) in [6.45, 7) is 3.45. The lowest BCUT2D eigenvalue weighted by atomic mass is 10.0. The zero-order valence-corrected chi connectivity index (χ0v) is 26.1. The normalized spacial score (nSPS) is 17.6. The maximum absolute atomic E-state index is 15.2. The highest BCUT2D eigenvalue weighted by Crippen LogP contribution is 2.65. The third-order valence-corrected chi connectivity index (χ3v) is 8.27. The van der Waals surface area contributed by atoms with Gasteiger partial charge in [0.05, 0.1) is 27.8 Å². The minimum Gasteiger partial charge on any atom is -0.369 e. The van der Waals surface area contributed by atoms with E-state index in [1.165, 1.54) is 19.1 Å². The minimum atomic E-state index is -5.00. The molecule has 46 heavy (non-hydrogen) atoms. The number of halogens is 9. The summed E-state index contributed by atoms with van der Waals surface area (Å²) in [6, 6.07) is 7.55. The Morgan fingerprint density at radius 2 is 1.63 bits per heavy atom. The van der Waals surface area contributed by atoms with Gasteiger partial charge in [-0.3, -0.25) is 14.4 Å². The van der Waals surface area contributed by atoms with E-state index in [4.69, 9.17) is 39.5 Å². The SMILES string of the molecule is CCCOC(C)C(=O)Nc1c(F)ccc(NC(=O)c2cc(NC(=O)[C@H]3[C@H](c4ccc(F)c(C(F)(F)F)c4)C3(Cl)Cl)ccc2Cl)c1F. The molecule has 3 aromatic rings. The number of ether oxygens (including phenoxy) is 1. The van der Waals surface area contributed by atoms with Crippen molar-refractivity contribution in [3.8, 4) is 0 Å². The molecule has 0 saturated heterocycles. The van der Waals surface area contributed by atoms with E-state index < -0.39 is 80.6 Å². The zero-order chi connectivity index (χ0) is 34.1. The van der Waals surface area contributed by atoms with E-state index in [0.29, 0.717) is 18.6 Å². The Balaban J connectivity index is 1.50. The van der Waals surface area contributed by atoms with Gasteiger partial charge in [0.1, 0.15) is 27.8 Å². The molecule has 246 valence electrons. The third kappa shape index (κ3) is 7.54. The Labute approximate surface area is 273 Å². The van der Waals surface area contributed by atoms with E-state index in [1.807, 2.05) is 6.92 Å². The monoisotopic (exact) mass is 709 g/mol. The van der Waals surface area contributed by atoms with Gasteiger partial charge in [-0.25, -0.2) is 13.2 Å². The lowest BCUT2D eigenvalue weighted by Crippen LogP contribution is -2.29. The molecule has 1 unspecified atom stereocenters. The fourth-order valence-electron chi connectivity index (χ4n) is 4.57. The van der Waals surface area contributed by atoms with Crippen molar-refractivity contribution in [3.63, 3.8) is 0 Å². The molecule has 3 amide bonds. The van der Waals surface area contributed by atoms with Crippen LogP contribution in [0.2, 0.25) is 5.02 Å². The summed E-state index contributed by atoms with van der Waals surface area (Å²) in [5.74, 6) is -8.92. The molecule has 0 spiro atoms. The Morgan fingerprint density at radius 3 is 2.28 bits per heavy atom. The summed E-state index contributed by atoms with van der Waals surface area (Å²) in [7, 11) is 0. The van der Waals surface area contributed by atoms with Gasteiger partial charge in [0.25, 0.3) is 11.8 Å². The van der Waals surface area contributed by atoms with E-state index in [2.05, 4.69) is 16.0 Å². The fraction of sp³-hybridized carbons (Fsp3) is 0.300. The molecule has 0 radical (unpaired) electrons. The molecule has 0 heterocycles. The Kier molecular flexibility index (Phi) is 10.5. The van der Waals surface area contributed by atoms with E-state index in [9.17, 15) is 36.3 Å². The second-order valence-corrected chi connectivity index (χ2v) is 12.1. The molecule has 3 atom stereocenters. The van der Waals surface area contributed by atoms with Crippen LogP contribution in [0.3, 0.4) is 0 Å². The third-order valence-electron chi connectivity index (χ3n) is 7.00. The van der Waals surface area contributed by atoms with E-state index in [0.717, 1.165) is 24.3 Å².